The standard InChI is InChI=1S/C20H39NO2Si/c1-8-9-10-11-12-16(2)21-14-18(22)17-13-19(23-15-17)24(6,7)20(3,4)5/h13,15-16,18,21-22H,8-12,14H2,1-7H3. The van der Waals surface area contributed by atoms with Gasteiger partial charge in [0.05, 0.1) is 17.8 Å². The van der Waals surface area contributed by atoms with Crippen molar-refractivity contribution in [2.45, 2.75) is 97.0 Å². The number of aliphatic hydroxyl groups is 1. The average molecular weight is 354 g/mol. The quantitative estimate of drug-likeness (QED) is 0.461. The second-order valence-corrected chi connectivity index (χ2v) is 14.0. The molecule has 2 atom stereocenters. The van der Waals surface area contributed by atoms with Crippen molar-refractivity contribution in [2.24, 2.45) is 0 Å². The molecule has 1 aromatic rings. The molecule has 3 nitrogen and oxygen atoms in total. The van der Waals surface area contributed by atoms with Crippen LogP contribution in [0.3, 0.4) is 0 Å². The normalized spacial score (nSPS) is 15.5. The largest absolute Gasteiger partial charge is 0.474 e. The zero-order valence-corrected chi connectivity index (χ0v) is 17.9. The van der Waals surface area contributed by atoms with E-state index < -0.39 is 14.2 Å². The number of rotatable bonds is 10. The van der Waals surface area contributed by atoms with E-state index in [1.165, 1.54) is 32.1 Å². The molecule has 24 heavy (non-hydrogen) atoms. The van der Waals surface area contributed by atoms with Crippen molar-refractivity contribution in [2.75, 3.05) is 6.54 Å². The molecule has 1 rings (SSSR count). The Balaban J connectivity index is 2.51. The topological polar surface area (TPSA) is 45.4 Å². The van der Waals surface area contributed by atoms with E-state index in [0.717, 1.165) is 10.9 Å². The molecule has 1 aromatic heterocycles. The third kappa shape index (κ3) is 6.05. The summed E-state index contributed by atoms with van der Waals surface area (Å²) in [6.45, 7) is 16.5. The van der Waals surface area contributed by atoms with Gasteiger partial charge >= 0.3 is 0 Å². The molecule has 0 radical (unpaired) electrons. The predicted molar refractivity (Wildman–Crippen MR) is 107 cm³/mol. The van der Waals surface area contributed by atoms with Gasteiger partial charge in [0, 0.05) is 18.2 Å². The van der Waals surface area contributed by atoms with Crippen molar-refractivity contribution in [3.63, 3.8) is 0 Å². The highest BCUT2D eigenvalue weighted by atomic mass is 28.3. The van der Waals surface area contributed by atoms with Crippen LogP contribution in [0.1, 0.15) is 78.4 Å². The minimum absolute atomic E-state index is 0.234. The lowest BCUT2D eigenvalue weighted by Gasteiger charge is -2.34. The van der Waals surface area contributed by atoms with Crippen molar-refractivity contribution in [1.29, 1.82) is 0 Å². The minimum Gasteiger partial charge on any atom is -0.474 e. The lowest BCUT2D eigenvalue weighted by atomic mass is 10.1. The van der Waals surface area contributed by atoms with E-state index in [0.29, 0.717) is 12.6 Å². The van der Waals surface area contributed by atoms with E-state index in [-0.39, 0.29) is 5.04 Å². The van der Waals surface area contributed by atoms with E-state index in [4.69, 9.17) is 4.42 Å². The van der Waals surface area contributed by atoms with E-state index in [1.807, 2.05) is 0 Å². The Kier molecular flexibility index (Phi) is 8.23. The van der Waals surface area contributed by atoms with Crippen LogP contribution in [0.2, 0.25) is 18.1 Å². The van der Waals surface area contributed by atoms with E-state index >= 15 is 0 Å². The first-order valence-electron chi connectivity index (χ1n) is 9.60. The molecule has 0 spiro atoms. The van der Waals surface area contributed by atoms with Crippen LogP contribution in [-0.4, -0.2) is 25.8 Å². The summed E-state index contributed by atoms with van der Waals surface area (Å²) in [4.78, 5) is 0. The Morgan fingerprint density at radius 2 is 1.88 bits per heavy atom. The summed E-state index contributed by atoms with van der Waals surface area (Å²) in [5.74, 6) is 0. The van der Waals surface area contributed by atoms with Gasteiger partial charge < -0.3 is 14.8 Å². The lowest BCUT2D eigenvalue weighted by molar-refractivity contribution is 0.169. The molecule has 140 valence electrons. The molecule has 0 saturated carbocycles. The van der Waals surface area contributed by atoms with Gasteiger partial charge in [-0.3, -0.25) is 0 Å². The van der Waals surface area contributed by atoms with Gasteiger partial charge in [0.2, 0.25) is 0 Å². The smallest absolute Gasteiger partial charge is 0.131 e. The Hall–Kier alpha value is -0.583. The highest BCUT2D eigenvalue weighted by molar-refractivity contribution is 6.91. The Morgan fingerprint density at radius 1 is 1.21 bits per heavy atom. The van der Waals surface area contributed by atoms with E-state index in [1.54, 1.807) is 6.26 Å². The van der Waals surface area contributed by atoms with Crippen LogP contribution in [0.5, 0.6) is 0 Å². The first kappa shape index (κ1) is 21.5. The lowest BCUT2D eigenvalue weighted by Crippen LogP contribution is -2.48. The Morgan fingerprint density at radius 3 is 2.46 bits per heavy atom. The zero-order chi connectivity index (χ0) is 18.4. The number of unbranched alkanes of at least 4 members (excludes halogenated alkanes) is 3. The molecule has 1 heterocycles. The van der Waals surface area contributed by atoms with Gasteiger partial charge in [-0.25, -0.2) is 0 Å². The van der Waals surface area contributed by atoms with Crippen molar-refractivity contribution < 1.29 is 9.52 Å². The molecule has 2 N–H and O–H groups in total. The Labute approximate surface area is 150 Å². The van der Waals surface area contributed by atoms with E-state index in [2.05, 4.69) is 59.1 Å². The first-order chi connectivity index (χ1) is 11.1. The fraction of sp³-hybridized carbons (Fsp3) is 0.800. The second-order valence-electron chi connectivity index (χ2n) is 8.79. The first-order valence-corrected chi connectivity index (χ1v) is 12.6. The molecule has 0 fully saturated rings. The van der Waals surface area contributed by atoms with Gasteiger partial charge in [-0.15, -0.1) is 0 Å². The molecule has 0 aliphatic heterocycles. The van der Waals surface area contributed by atoms with Gasteiger partial charge in [-0.05, 0) is 24.4 Å². The number of hydrogen-bond donors (Lipinski definition) is 2. The minimum atomic E-state index is -1.67. The van der Waals surface area contributed by atoms with Crippen LogP contribution in [-0.2, 0) is 0 Å². The summed E-state index contributed by atoms with van der Waals surface area (Å²) in [6, 6.07) is 2.53. The monoisotopic (exact) mass is 353 g/mol. The van der Waals surface area contributed by atoms with Crippen LogP contribution in [0.4, 0.5) is 0 Å². The molecule has 0 bridgehead atoms. The number of aliphatic hydroxyl groups excluding tert-OH is 1. The molecular weight excluding hydrogens is 314 g/mol. The van der Waals surface area contributed by atoms with Crippen LogP contribution in [0.25, 0.3) is 0 Å². The van der Waals surface area contributed by atoms with Gasteiger partial charge in [-0.2, -0.15) is 0 Å². The zero-order valence-electron chi connectivity index (χ0n) is 16.9. The summed E-state index contributed by atoms with van der Waals surface area (Å²) >= 11 is 0. The number of nitrogens with one attached hydrogen (secondary N) is 1. The molecule has 0 amide bonds. The summed E-state index contributed by atoms with van der Waals surface area (Å²) in [7, 11) is -1.67. The van der Waals surface area contributed by atoms with Gasteiger partial charge in [0.25, 0.3) is 0 Å². The van der Waals surface area contributed by atoms with Crippen molar-refractivity contribution in [3.8, 4) is 0 Å². The van der Waals surface area contributed by atoms with Crippen molar-refractivity contribution in [1.82, 2.24) is 5.32 Å². The molecule has 0 aliphatic rings. The van der Waals surface area contributed by atoms with Crippen LogP contribution in [0.15, 0.2) is 16.7 Å². The van der Waals surface area contributed by atoms with E-state index in [9.17, 15) is 5.11 Å². The third-order valence-corrected chi connectivity index (χ3v) is 10.9. The molecular formula is C20H39NO2Si. The maximum absolute atomic E-state index is 10.5. The van der Waals surface area contributed by atoms with Crippen LogP contribution < -0.4 is 10.7 Å². The van der Waals surface area contributed by atoms with Gasteiger partial charge in [-0.1, -0.05) is 66.5 Å². The highest BCUT2D eigenvalue weighted by Gasteiger charge is 2.40. The summed E-state index contributed by atoms with van der Waals surface area (Å²) in [5.41, 5.74) is 0.903. The number of furan rings is 1. The molecule has 0 aromatic carbocycles. The predicted octanol–water partition coefficient (Wildman–Crippen LogP) is 4.98. The molecule has 0 saturated heterocycles. The SMILES string of the molecule is CCCCCCC(C)NCC(O)c1coc([Si](C)(C)C(C)(C)C)c1. The highest BCUT2D eigenvalue weighted by Crippen LogP contribution is 2.36. The Bertz CT molecular complexity index is 476. The molecule has 0 aliphatic carbocycles. The maximum atomic E-state index is 10.5. The second kappa shape index (κ2) is 9.21. The van der Waals surface area contributed by atoms with Gasteiger partial charge in [0.1, 0.15) is 8.07 Å². The van der Waals surface area contributed by atoms with Crippen LogP contribution in [0, 0.1) is 0 Å². The fourth-order valence-electron chi connectivity index (χ4n) is 2.63. The fourth-order valence-corrected chi connectivity index (χ4v) is 4.25. The summed E-state index contributed by atoms with van der Waals surface area (Å²) < 4.78 is 5.85. The average Bonchev–Trinajstić information content (AvgIpc) is 2.98. The summed E-state index contributed by atoms with van der Waals surface area (Å²) in [5, 5.41) is 15.2. The molecule has 4 heteroatoms. The summed E-state index contributed by atoms with van der Waals surface area (Å²) in [6.07, 6.45) is 7.59. The molecule has 2 unspecified atom stereocenters. The van der Waals surface area contributed by atoms with Gasteiger partial charge in [0.15, 0.2) is 0 Å². The van der Waals surface area contributed by atoms with Crippen molar-refractivity contribution >= 4 is 13.5 Å². The number of hydrogen-bond acceptors (Lipinski definition) is 3. The maximum Gasteiger partial charge on any atom is 0.131 e. The van der Waals surface area contributed by atoms with Crippen LogP contribution >= 0.6 is 0 Å². The third-order valence-electron chi connectivity index (χ3n) is 5.65. The van der Waals surface area contributed by atoms with Crippen molar-refractivity contribution in [3.05, 3.63) is 17.9 Å².